The molecule has 0 N–H and O–H groups in total. The fraction of sp³-hybridized carbons (Fsp3) is 0.133. The molecule has 0 aromatic heterocycles. The molecule has 0 radical (unpaired) electrons. The van der Waals surface area contributed by atoms with Crippen LogP contribution < -0.4 is 0 Å². The quantitative estimate of drug-likeness (QED) is 0.720. The third-order valence-electron chi connectivity index (χ3n) is 2.87. The molecule has 98 valence electrons. The van der Waals surface area contributed by atoms with Gasteiger partial charge in [-0.05, 0) is 46.1 Å². The van der Waals surface area contributed by atoms with Crippen molar-refractivity contribution in [1.82, 2.24) is 0 Å². The van der Waals surface area contributed by atoms with E-state index in [0.29, 0.717) is 20.6 Å². The number of hydrogen-bond acceptors (Lipinski definition) is 1. The van der Waals surface area contributed by atoms with Gasteiger partial charge in [-0.1, -0.05) is 35.9 Å². The Morgan fingerprint density at radius 3 is 2.68 bits per heavy atom. The van der Waals surface area contributed by atoms with Crippen molar-refractivity contribution in [3.05, 3.63) is 68.4 Å². The van der Waals surface area contributed by atoms with Gasteiger partial charge in [-0.25, -0.2) is 4.39 Å². The van der Waals surface area contributed by atoms with Crippen LogP contribution in [0.4, 0.5) is 4.39 Å². The van der Waals surface area contributed by atoms with Gasteiger partial charge in [0.2, 0.25) is 0 Å². The van der Waals surface area contributed by atoms with Crippen molar-refractivity contribution >= 4 is 33.3 Å². The SMILES string of the molecule is Cc1cccc(C(=O)Cc2cccc(F)c2Br)c1Cl. The largest absolute Gasteiger partial charge is 0.294 e. The molecule has 0 aliphatic carbocycles. The average molecular weight is 342 g/mol. The molecule has 0 aliphatic rings. The molecule has 0 saturated carbocycles. The van der Waals surface area contributed by atoms with Crippen molar-refractivity contribution in [2.75, 3.05) is 0 Å². The Hall–Kier alpha value is -1.19. The molecule has 0 spiro atoms. The summed E-state index contributed by atoms with van der Waals surface area (Å²) in [7, 11) is 0. The molecule has 2 rings (SSSR count). The van der Waals surface area contributed by atoms with Crippen LogP contribution in [0, 0.1) is 12.7 Å². The van der Waals surface area contributed by atoms with E-state index in [4.69, 9.17) is 11.6 Å². The minimum absolute atomic E-state index is 0.113. The van der Waals surface area contributed by atoms with E-state index in [9.17, 15) is 9.18 Å². The van der Waals surface area contributed by atoms with E-state index in [1.165, 1.54) is 6.07 Å². The molecule has 1 nitrogen and oxygen atoms in total. The molecule has 0 heterocycles. The lowest BCUT2D eigenvalue weighted by Crippen LogP contribution is -2.06. The van der Waals surface area contributed by atoms with Crippen molar-refractivity contribution in [1.29, 1.82) is 0 Å². The number of benzene rings is 2. The van der Waals surface area contributed by atoms with Crippen molar-refractivity contribution in [2.24, 2.45) is 0 Å². The Bertz CT molecular complexity index is 640. The van der Waals surface area contributed by atoms with Crippen LogP contribution in [0.2, 0.25) is 5.02 Å². The number of carbonyl (C=O) groups excluding carboxylic acids is 1. The van der Waals surface area contributed by atoms with E-state index in [1.807, 2.05) is 13.0 Å². The van der Waals surface area contributed by atoms with Gasteiger partial charge in [0, 0.05) is 12.0 Å². The fourth-order valence-electron chi connectivity index (χ4n) is 1.82. The number of Topliss-reactive ketones (excluding diaryl/α,β-unsaturated/α-hetero) is 1. The van der Waals surface area contributed by atoms with Crippen molar-refractivity contribution in [3.8, 4) is 0 Å². The monoisotopic (exact) mass is 340 g/mol. The summed E-state index contributed by atoms with van der Waals surface area (Å²) in [5, 5.41) is 0.458. The number of halogens is 3. The second kappa shape index (κ2) is 5.85. The zero-order chi connectivity index (χ0) is 14.0. The third-order valence-corrected chi connectivity index (χ3v) is 4.26. The van der Waals surface area contributed by atoms with Gasteiger partial charge in [-0.3, -0.25) is 4.79 Å². The molecule has 0 saturated heterocycles. The Balaban J connectivity index is 2.31. The van der Waals surface area contributed by atoms with E-state index >= 15 is 0 Å². The van der Waals surface area contributed by atoms with Gasteiger partial charge < -0.3 is 0 Å². The molecule has 0 aliphatic heterocycles. The minimum Gasteiger partial charge on any atom is -0.294 e. The molecule has 0 amide bonds. The fourth-order valence-corrected chi connectivity index (χ4v) is 2.45. The van der Waals surface area contributed by atoms with Crippen LogP contribution in [0.3, 0.4) is 0 Å². The molecule has 0 fully saturated rings. The van der Waals surface area contributed by atoms with Gasteiger partial charge >= 0.3 is 0 Å². The Morgan fingerprint density at radius 2 is 1.95 bits per heavy atom. The van der Waals surface area contributed by atoms with Crippen molar-refractivity contribution < 1.29 is 9.18 Å². The highest BCUT2D eigenvalue weighted by molar-refractivity contribution is 9.10. The van der Waals surface area contributed by atoms with E-state index in [-0.39, 0.29) is 18.0 Å². The predicted octanol–water partition coefficient (Wildman–Crippen LogP) is 4.98. The second-order valence-electron chi connectivity index (χ2n) is 4.25. The smallest absolute Gasteiger partial charge is 0.168 e. The first kappa shape index (κ1) is 14.2. The summed E-state index contributed by atoms with van der Waals surface area (Å²) in [6, 6.07) is 9.96. The summed E-state index contributed by atoms with van der Waals surface area (Å²) < 4.78 is 13.7. The molecule has 4 heteroatoms. The summed E-state index contributed by atoms with van der Waals surface area (Å²) in [6.45, 7) is 1.84. The summed E-state index contributed by atoms with van der Waals surface area (Å²) in [4.78, 5) is 12.2. The molecular weight excluding hydrogens is 331 g/mol. The lowest BCUT2D eigenvalue weighted by atomic mass is 10.0. The number of rotatable bonds is 3. The third kappa shape index (κ3) is 3.04. The van der Waals surface area contributed by atoms with Crippen LogP contribution in [0.1, 0.15) is 21.5 Å². The standard InChI is InChI=1S/C15H11BrClFO/c1-9-4-2-6-11(15(9)17)13(19)8-10-5-3-7-12(18)14(10)16/h2-7H,8H2,1H3. The summed E-state index contributed by atoms with van der Waals surface area (Å²) >= 11 is 9.27. The highest BCUT2D eigenvalue weighted by atomic mass is 79.9. The van der Waals surface area contributed by atoms with Crippen LogP contribution >= 0.6 is 27.5 Å². The van der Waals surface area contributed by atoms with Crippen LogP contribution in [0.5, 0.6) is 0 Å². The first-order chi connectivity index (χ1) is 9.00. The Morgan fingerprint density at radius 1 is 1.26 bits per heavy atom. The van der Waals surface area contributed by atoms with Crippen LogP contribution in [-0.4, -0.2) is 5.78 Å². The Labute approximate surface area is 124 Å². The van der Waals surface area contributed by atoms with Gasteiger partial charge in [-0.15, -0.1) is 0 Å². The summed E-state index contributed by atoms with van der Waals surface area (Å²) in [6.07, 6.45) is 0.113. The lowest BCUT2D eigenvalue weighted by Gasteiger charge is -2.07. The molecule has 2 aromatic rings. The number of aryl methyl sites for hydroxylation is 1. The first-order valence-corrected chi connectivity index (χ1v) is 6.89. The first-order valence-electron chi connectivity index (χ1n) is 5.72. The molecule has 0 atom stereocenters. The van der Waals surface area contributed by atoms with Gasteiger partial charge in [0.05, 0.1) is 9.50 Å². The zero-order valence-corrected chi connectivity index (χ0v) is 12.6. The average Bonchev–Trinajstić information content (AvgIpc) is 2.38. The zero-order valence-electron chi connectivity index (χ0n) is 10.2. The van der Waals surface area contributed by atoms with Crippen molar-refractivity contribution in [3.63, 3.8) is 0 Å². The van der Waals surface area contributed by atoms with Crippen LogP contribution in [-0.2, 0) is 6.42 Å². The summed E-state index contributed by atoms with van der Waals surface area (Å²) in [5.74, 6) is -0.499. The number of ketones is 1. The molecule has 0 unspecified atom stereocenters. The lowest BCUT2D eigenvalue weighted by molar-refractivity contribution is 0.0993. The van der Waals surface area contributed by atoms with Gasteiger partial charge in [0.1, 0.15) is 5.82 Å². The summed E-state index contributed by atoms with van der Waals surface area (Å²) in [5.41, 5.74) is 1.94. The Kier molecular flexibility index (Phi) is 4.38. The van der Waals surface area contributed by atoms with Gasteiger partial charge in [0.25, 0.3) is 0 Å². The van der Waals surface area contributed by atoms with E-state index in [2.05, 4.69) is 15.9 Å². The maximum atomic E-state index is 13.4. The maximum absolute atomic E-state index is 13.4. The van der Waals surface area contributed by atoms with Crippen molar-refractivity contribution in [2.45, 2.75) is 13.3 Å². The predicted molar refractivity (Wildman–Crippen MR) is 78.3 cm³/mol. The van der Waals surface area contributed by atoms with Gasteiger partial charge in [-0.2, -0.15) is 0 Å². The van der Waals surface area contributed by atoms with E-state index in [0.717, 1.165) is 5.56 Å². The highest BCUT2D eigenvalue weighted by Crippen LogP contribution is 2.25. The van der Waals surface area contributed by atoms with Crippen LogP contribution in [0.15, 0.2) is 40.9 Å². The molecule has 0 bridgehead atoms. The van der Waals surface area contributed by atoms with Crippen LogP contribution in [0.25, 0.3) is 0 Å². The molecule has 2 aromatic carbocycles. The second-order valence-corrected chi connectivity index (χ2v) is 5.42. The molecular formula is C15H11BrClFO. The number of hydrogen-bond donors (Lipinski definition) is 0. The van der Waals surface area contributed by atoms with Gasteiger partial charge in [0.15, 0.2) is 5.78 Å². The minimum atomic E-state index is -0.374. The van der Waals surface area contributed by atoms with E-state index < -0.39 is 0 Å². The maximum Gasteiger partial charge on any atom is 0.168 e. The molecule has 19 heavy (non-hydrogen) atoms. The van der Waals surface area contributed by atoms with E-state index in [1.54, 1.807) is 24.3 Å². The topological polar surface area (TPSA) is 17.1 Å². The number of carbonyl (C=O) groups is 1. The highest BCUT2D eigenvalue weighted by Gasteiger charge is 2.15. The normalized spacial score (nSPS) is 10.5.